The molecule has 2 saturated heterocycles. The minimum absolute atomic E-state index is 0.244. The first-order chi connectivity index (χ1) is 17.6. The van der Waals surface area contributed by atoms with Crippen LogP contribution in [-0.2, 0) is 25.4 Å². The predicted molar refractivity (Wildman–Crippen MR) is 138 cm³/mol. The summed E-state index contributed by atoms with van der Waals surface area (Å²) in [4.78, 5) is 0. The van der Waals surface area contributed by atoms with Gasteiger partial charge in [-0.25, -0.2) is 0 Å². The molecular weight excluding hydrogens is 456 g/mol. The normalized spacial score (nSPS) is 24.5. The molecule has 6 nitrogen and oxygen atoms in total. The van der Waals surface area contributed by atoms with Gasteiger partial charge in [0, 0.05) is 0 Å². The van der Waals surface area contributed by atoms with Gasteiger partial charge in [0.05, 0.1) is 26.4 Å². The summed E-state index contributed by atoms with van der Waals surface area (Å²) in [5, 5.41) is 0. The van der Waals surface area contributed by atoms with Crippen molar-refractivity contribution >= 4 is 5.57 Å². The molecule has 2 heterocycles. The highest BCUT2D eigenvalue weighted by molar-refractivity contribution is 5.68. The number of allylic oxidation sites excluding steroid dienone is 2. The number of ether oxygens (including phenoxy) is 6. The van der Waals surface area contributed by atoms with E-state index in [-0.39, 0.29) is 24.8 Å². The lowest BCUT2D eigenvalue weighted by molar-refractivity contribution is -0.0714. The lowest BCUT2D eigenvalue weighted by atomic mass is 9.82. The van der Waals surface area contributed by atoms with E-state index in [1.54, 1.807) is 0 Å². The van der Waals surface area contributed by atoms with Gasteiger partial charge in [-0.1, -0.05) is 31.2 Å². The molecule has 3 aliphatic rings. The summed E-state index contributed by atoms with van der Waals surface area (Å²) in [5.41, 5.74) is 5.30. The molecule has 0 bridgehead atoms. The van der Waals surface area contributed by atoms with Gasteiger partial charge in [-0.05, 0) is 92.0 Å². The fraction of sp³-hybridized carbons (Fsp3) is 0.533. The lowest BCUT2D eigenvalue weighted by Crippen LogP contribution is -2.19. The molecule has 5 rings (SSSR count). The van der Waals surface area contributed by atoms with Crippen LogP contribution in [0.2, 0.25) is 0 Å². The summed E-state index contributed by atoms with van der Waals surface area (Å²) in [6, 6.07) is 15.0. The maximum absolute atomic E-state index is 6.07. The molecule has 0 spiro atoms. The number of hydrogen-bond acceptors (Lipinski definition) is 6. The van der Waals surface area contributed by atoms with Gasteiger partial charge < -0.3 is 28.4 Å². The Morgan fingerprint density at radius 1 is 0.889 bits per heavy atom. The topological polar surface area (TPSA) is 62.0 Å². The van der Waals surface area contributed by atoms with E-state index in [1.165, 1.54) is 22.3 Å². The average Bonchev–Trinajstić information content (AvgIpc) is 3.82. The Hall–Kier alpha value is -2.38. The fourth-order valence-corrected chi connectivity index (χ4v) is 4.64. The molecule has 0 radical (unpaired) electrons. The van der Waals surface area contributed by atoms with Crippen molar-refractivity contribution < 1.29 is 28.4 Å². The summed E-state index contributed by atoms with van der Waals surface area (Å²) in [5.74, 6) is 2.28. The Kier molecular flexibility index (Phi) is 8.27. The molecular formula is C30H38O6. The second-order valence-corrected chi connectivity index (χ2v) is 9.89. The molecule has 0 aromatic heterocycles. The third-order valence-corrected chi connectivity index (χ3v) is 7.01. The van der Waals surface area contributed by atoms with E-state index < -0.39 is 0 Å². The van der Waals surface area contributed by atoms with Crippen molar-refractivity contribution in [2.75, 3.05) is 26.4 Å². The van der Waals surface area contributed by atoms with E-state index in [1.807, 2.05) is 13.8 Å². The molecule has 1 aliphatic carbocycles. The van der Waals surface area contributed by atoms with Crippen LogP contribution in [0.4, 0.5) is 0 Å². The highest BCUT2D eigenvalue weighted by Gasteiger charge is 2.25. The van der Waals surface area contributed by atoms with Crippen molar-refractivity contribution in [2.24, 2.45) is 0 Å². The summed E-state index contributed by atoms with van der Waals surface area (Å²) in [6.07, 6.45) is 6.51. The second kappa shape index (κ2) is 11.8. The number of aryl methyl sites for hydroxylation is 1. The van der Waals surface area contributed by atoms with Gasteiger partial charge in [0.1, 0.15) is 23.7 Å². The minimum Gasteiger partial charge on any atom is -0.465 e. The quantitative estimate of drug-likeness (QED) is 0.256. The van der Waals surface area contributed by atoms with Gasteiger partial charge in [-0.3, -0.25) is 0 Å². The number of hydrogen-bond donors (Lipinski definition) is 0. The number of benzene rings is 2. The van der Waals surface area contributed by atoms with Gasteiger partial charge in [0.2, 0.25) is 0 Å². The maximum atomic E-state index is 6.07. The molecule has 5 atom stereocenters. The van der Waals surface area contributed by atoms with Crippen LogP contribution in [0.1, 0.15) is 62.6 Å². The van der Waals surface area contributed by atoms with E-state index >= 15 is 0 Å². The van der Waals surface area contributed by atoms with Crippen molar-refractivity contribution in [2.45, 2.75) is 77.2 Å². The lowest BCUT2D eigenvalue weighted by Gasteiger charge is -2.24. The van der Waals surface area contributed by atoms with Crippen LogP contribution >= 0.6 is 0 Å². The zero-order chi connectivity index (χ0) is 24.9. The summed E-state index contributed by atoms with van der Waals surface area (Å²) in [7, 11) is 0. The monoisotopic (exact) mass is 494 g/mol. The first-order valence-corrected chi connectivity index (χ1v) is 13.3. The average molecular weight is 495 g/mol. The highest BCUT2D eigenvalue weighted by Crippen LogP contribution is 2.37. The smallest absolute Gasteiger partial charge is 0.197 e. The number of rotatable bonds is 13. The van der Waals surface area contributed by atoms with Crippen molar-refractivity contribution in [3.63, 3.8) is 0 Å². The highest BCUT2D eigenvalue weighted by atomic mass is 16.7. The second-order valence-electron chi connectivity index (χ2n) is 9.89. The first kappa shape index (κ1) is 25.3. The zero-order valence-electron chi connectivity index (χ0n) is 21.6. The van der Waals surface area contributed by atoms with Gasteiger partial charge >= 0.3 is 0 Å². The van der Waals surface area contributed by atoms with Gasteiger partial charge in [-0.15, -0.1) is 0 Å². The van der Waals surface area contributed by atoms with Crippen molar-refractivity contribution in [1.29, 1.82) is 0 Å². The van der Waals surface area contributed by atoms with Gasteiger partial charge in [-0.2, -0.15) is 0 Å². The van der Waals surface area contributed by atoms with Crippen LogP contribution in [0.15, 0.2) is 48.5 Å². The molecule has 0 amide bonds. The molecule has 6 heteroatoms. The molecule has 0 saturated carbocycles. The molecule has 5 unspecified atom stereocenters. The summed E-state index contributed by atoms with van der Waals surface area (Å²) < 4.78 is 33.7. The standard InChI is InChI=1S/C30H38O6/c1-4-22-15-26(11-14-30(22)36-21(3)32-17-29-19-34-29)25-7-5-23(6-8-25)24-9-12-27(13-10-24)35-20(2)31-16-28-18-33-28/h7,9-15,20-21,23,28-29H,4-6,8,16-19H2,1-3H3. The van der Waals surface area contributed by atoms with E-state index in [4.69, 9.17) is 28.4 Å². The Bertz CT molecular complexity index is 1020. The van der Waals surface area contributed by atoms with Crippen LogP contribution in [-0.4, -0.2) is 51.2 Å². The van der Waals surface area contributed by atoms with E-state index in [0.717, 1.165) is 50.4 Å². The fourth-order valence-electron chi connectivity index (χ4n) is 4.64. The van der Waals surface area contributed by atoms with Crippen LogP contribution in [0.3, 0.4) is 0 Å². The Morgan fingerprint density at radius 3 is 2.14 bits per heavy atom. The van der Waals surface area contributed by atoms with Crippen molar-refractivity contribution in [3.8, 4) is 11.5 Å². The van der Waals surface area contributed by atoms with Crippen molar-refractivity contribution in [1.82, 2.24) is 0 Å². The molecule has 0 N–H and O–H groups in total. The Labute approximate surface area is 214 Å². The Morgan fingerprint density at radius 2 is 1.56 bits per heavy atom. The van der Waals surface area contributed by atoms with Gasteiger partial charge in [0.25, 0.3) is 0 Å². The molecule has 2 aliphatic heterocycles. The largest absolute Gasteiger partial charge is 0.465 e. The number of epoxide rings is 2. The zero-order valence-corrected chi connectivity index (χ0v) is 21.6. The van der Waals surface area contributed by atoms with Crippen LogP contribution in [0, 0.1) is 0 Å². The molecule has 2 fully saturated rings. The van der Waals surface area contributed by atoms with E-state index in [0.29, 0.717) is 19.1 Å². The van der Waals surface area contributed by atoms with E-state index in [9.17, 15) is 0 Å². The molecule has 194 valence electrons. The molecule has 2 aromatic carbocycles. The van der Waals surface area contributed by atoms with Crippen molar-refractivity contribution in [3.05, 3.63) is 65.2 Å². The third-order valence-electron chi connectivity index (χ3n) is 7.01. The SMILES string of the molecule is CCc1cc(C2=CCC(c3ccc(OC(C)OCC4CO4)cc3)CC2)ccc1OC(C)OCC1CO1. The summed E-state index contributed by atoms with van der Waals surface area (Å²) in [6.45, 7) is 8.81. The molecule has 2 aromatic rings. The molecule has 36 heavy (non-hydrogen) atoms. The van der Waals surface area contributed by atoms with Crippen LogP contribution in [0.25, 0.3) is 5.57 Å². The summed E-state index contributed by atoms with van der Waals surface area (Å²) >= 11 is 0. The van der Waals surface area contributed by atoms with Crippen LogP contribution < -0.4 is 9.47 Å². The predicted octanol–water partition coefficient (Wildman–Crippen LogP) is 5.88. The minimum atomic E-state index is -0.287. The van der Waals surface area contributed by atoms with E-state index in [2.05, 4.69) is 55.5 Å². The maximum Gasteiger partial charge on any atom is 0.197 e. The first-order valence-electron chi connectivity index (χ1n) is 13.3. The van der Waals surface area contributed by atoms with Gasteiger partial charge in [0.15, 0.2) is 12.6 Å². The van der Waals surface area contributed by atoms with Crippen LogP contribution in [0.5, 0.6) is 11.5 Å². The third kappa shape index (κ3) is 7.10. The Balaban J connectivity index is 1.14.